The van der Waals surface area contributed by atoms with Gasteiger partial charge in [-0.2, -0.15) is 0 Å². The Morgan fingerprint density at radius 2 is 1.79 bits per heavy atom. The zero-order valence-electron chi connectivity index (χ0n) is 13.5. The first-order chi connectivity index (χ1) is 11.7. The minimum absolute atomic E-state index is 0.0420. The van der Waals surface area contributed by atoms with E-state index in [9.17, 15) is 4.79 Å². The lowest BCUT2D eigenvalue weighted by atomic mass is 10.00. The number of carbonyl (C=O) groups is 2. The van der Waals surface area contributed by atoms with Crippen LogP contribution in [0.2, 0.25) is 0 Å². The van der Waals surface area contributed by atoms with Crippen LogP contribution in [0.3, 0.4) is 0 Å². The van der Waals surface area contributed by atoms with Crippen LogP contribution < -0.4 is 0 Å². The van der Waals surface area contributed by atoms with Gasteiger partial charge in [0.25, 0.3) is 0 Å². The van der Waals surface area contributed by atoms with Gasteiger partial charge in [0.15, 0.2) is 6.29 Å². The van der Waals surface area contributed by atoms with Crippen molar-refractivity contribution in [3.8, 4) is 11.1 Å². The highest BCUT2D eigenvalue weighted by atomic mass is 16.7. The molecule has 5 nitrogen and oxygen atoms in total. The fourth-order valence-corrected chi connectivity index (χ4v) is 2.42. The molecule has 3 rings (SSSR count). The molecule has 0 spiro atoms. The normalized spacial score (nSPS) is 19.2. The molecule has 0 radical (unpaired) electrons. The molecule has 1 heterocycles. The molecule has 1 unspecified atom stereocenters. The summed E-state index contributed by atoms with van der Waals surface area (Å²) in [7, 11) is 0. The fraction of sp³-hybridized carbons (Fsp3) is 0.263. The molecule has 0 aromatic heterocycles. The Bertz CT molecular complexity index is 656. The molecule has 2 aromatic carbocycles. The first-order valence-corrected chi connectivity index (χ1v) is 7.61. The number of esters is 1. The number of hydrogen-bond acceptors (Lipinski definition) is 5. The van der Waals surface area contributed by atoms with Crippen molar-refractivity contribution in [3.05, 3.63) is 60.2 Å². The van der Waals surface area contributed by atoms with Gasteiger partial charge in [-0.1, -0.05) is 48.5 Å². The van der Waals surface area contributed by atoms with E-state index in [1.54, 1.807) is 6.07 Å². The van der Waals surface area contributed by atoms with Crippen molar-refractivity contribution in [3.63, 3.8) is 0 Å². The SMILES string of the molecule is C=O.CC1CO[C@H](COC(=O)c2ccccc2-c2ccccc2)O1. The lowest BCUT2D eigenvalue weighted by Crippen LogP contribution is -2.20. The molecule has 126 valence electrons. The minimum atomic E-state index is -0.470. The van der Waals surface area contributed by atoms with Gasteiger partial charge in [0.05, 0.1) is 18.3 Å². The molecular weight excluding hydrogens is 308 g/mol. The van der Waals surface area contributed by atoms with Crippen molar-refractivity contribution in [1.29, 1.82) is 0 Å². The second-order valence-electron chi connectivity index (χ2n) is 5.22. The van der Waals surface area contributed by atoms with E-state index in [0.29, 0.717) is 12.2 Å². The van der Waals surface area contributed by atoms with Crippen LogP contribution in [0, 0.1) is 0 Å². The maximum Gasteiger partial charge on any atom is 0.338 e. The lowest BCUT2D eigenvalue weighted by Gasteiger charge is -2.12. The third-order valence-electron chi connectivity index (χ3n) is 3.48. The number of carbonyl (C=O) groups excluding carboxylic acids is 2. The third kappa shape index (κ3) is 4.50. The average molecular weight is 328 g/mol. The molecule has 0 amide bonds. The Morgan fingerprint density at radius 3 is 2.46 bits per heavy atom. The molecule has 0 aliphatic carbocycles. The first-order valence-electron chi connectivity index (χ1n) is 7.61. The lowest BCUT2D eigenvalue weighted by molar-refractivity contribution is -0.0980. The van der Waals surface area contributed by atoms with Gasteiger partial charge >= 0.3 is 5.97 Å². The maximum atomic E-state index is 12.3. The van der Waals surface area contributed by atoms with E-state index < -0.39 is 6.29 Å². The highest BCUT2D eigenvalue weighted by Crippen LogP contribution is 2.24. The smallest absolute Gasteiger partial charge is 0.338 e. The molecule has 0 bridgehead atoms. The molecule has 5 heteroatoms. The summed E-state index contributed by atoms with van der Waals surface area (Å²) in [5.74, 6) is -0.369. The maximum absolute atomic E-state index is 12.3. The van der Waals surface area contributed by atoms with Crippen LogP contribution in [-0.4, -0.2) is 38.4 Å². The van der Waals surface area contributed by atoms with Crippen LogP contribution >= 0.6 is 0 Å². The van der Waals surface area contributed by atoms with E-state index >= 15 is 0 Å². The van der Waals surface area contributed by atoms with Crippen LogP contribution in [0.5, 0.6) is 0 Å². The van der Waals surface area contributed by atoms with E-state index in [1.165, 1.54) is 0 Å². The number of rotatable bonds is 4. The second kappa shape index (κ2) is 8.96. The molecule has 0 saturated carbocycles. The van der Waals surface area contributed by atoms with Crippen LogP contribution in [0.4, 0.5) is 0 Å². The van der Waals surface area contributed by atoms with Crippen molar-refractivity contribution in [2.45, 2.75) is 19.3 Å². The molecule has 1 fully saturated rings. The molecule has 1 aliphatic rings. The average Bonchev–Trinajstić information content (AvgIpc) is 3.07. The summed E-state index contributed by atoms with van der Waals surface area (Å²) in [5, 5.41) is 0. The highest BCUT2D eigenvalue weighted by Gasteiger charge is 2.24. The van der Waals surface area contributed by atoms with Gasteiger partial charge in [-0.3, -0.25) is 0 Å². The third-order valence-corrected chi connectivity index (χ3v) is 3.48. The van der Waals surface area contributed by atoms with Gasteiger partial charge < -0.3 is 19.0 Å². The zero-order valence-corrected chi connectivity index (χ0v) is 13.5. The summed E-state index contributed by atoms with van der Waals surface area (Å²) in [4.78, 5) is 20.3. The minimum Gasteiger partial charge on any atom is -0.457 e. The predicted molar refractivity (Wildman–Crippen MR) is 89.6 cm³/mol. The summed E-state index contributed by atoms with van der Waals surface area (Å²) in [5.41, 5.74) is 2.38. The van der Waals surface area contributed by atoms with E-state index in [4.69, 9.17) is 19.0 Å². The largest absolute Gasteiger partial charge is 0.457 e. The van der Waals surface area contributed by atoms with Crippen LogP contribution in [-0.2, 0) is 19.0 Å². The van der Waals surface area contributed by atoms with Crippen LogP contribution in [0.1, 0.15) is 17.3 Å². The van der Waals surface area contributed by atoms with E-state index in [-0.39, 0.29) is 18.7 Å². The summed E-state index contributed by atoms with van der Waals surface area (Å²) in [6, 6.07) is 17.2. The molecule has 1 aliphatic heterocycles. The quantitative estimate of drug-likeness (QED) is 0.807. The van der Waals surface area contributed by atoms with Crippen LogP contribution in [0.15, 0.2) is 54.6 Å². The van der Waals surface area contributed by atoms with E-state index in [0.717, 1.165) is 11.1 Å². The monoisotopic (exact) mass is 328 g/mol. The van der Waals surface area contributed by atoms with Crippen molar-refractivity contribution >= 4 is 12.8 Å². The van der Waals surface area contributed by atoms with Crippen molar-refractivity contribution in [1.82, 2.24) is 0 Å². The topological polar surface area (TPSA) is 61.8 Å². The predicted octanol–water partition coefficient (Wildman–Crippen LogP) is 3.09. The van der Waals surface area contributed by atoms with Crippen molar-refractivity contribution in [2.24, 2.45) is 0 Å². The Labute approximate surface area is 141 Å². The van der Waals surface area contributed by atoms with E-state index in [1.807, 2.05) is 62.2 Å². The van der Waals surface area contributed by atoms with Gasteiger partial charge in [0, 0.05) is 0 Å². The summed E-state index contributed by atoms with van der Waals surface area (Å²) < 4.78 is 16.2. The van der Waals surface area contributed by atoms with Gasteiger partial charge in [-0.25, -0.2) is 4.79 Å². The highest BCUT2D eigenvalue weighted by molar-refractivity contribution is 5.97. The Balaban J connectivity index is 0.00000100. The number of hydrogen-bond donors (Lipinski definition) is 0. The molecule has 1 saturated heterocycles. The van der Waals surface area contributed by atoms with Gasteiger partial charge in [-0.05, 0) is 24.1 Å². The van der Waals surface area contributed by atoms with Crippen LogP contribution in [0.25, 0.3) is 11.1 Å². The Kier molecular flexibility index (Phi) is 6.66. The molecular formula is C19H20O5. The second-order valence-corrected chi connectivity index (χ2v) is 5.22. The number of benzene rings is 2. The fourth-order valence-electron chi connectivity index (χ4n) is 2.42. The first kappa shape index (κ1) is 17.8. The molecule has 2 atom stereocenters. The van der Waals surface area contributed by atoms with Gasteiger partial charge in [0.1, 0.15) is 13.4 Å². The van der Waals surface area contributed by atoms with Crippen molar-refractivity contribution in [2.75, 3.05) is 13.2 Å². The standard InChI is InChI=1S/C18H18O4.CH2O/c1-13-11-20-17(22-13)12-21-18(19)16-10-6-5-9-15(16)14-7-3-2-4-8-14;1-2/h2-10,13,17H,11-12H2,1H3;1H2/t13?,17-;/m0./s1. The van der Waals surface area contributed by atoms with E-state index in [2.05, 4.69) is 0 Å². The van der Waals surface area contributed by atoms with Gasteiger partial charge in [0.2, 0.25) is 0 Å². The zero-order chi connectivity index (χ0) is 17.4. The Morgan fingerprint density at radius 1 is 1.12 bits per heavy atom. The Hall–Kier alpha value is -2.50. The molecule has 24 heavy (non-hydrogen) atoms. The summed E-state index contributed by atoms with van der Waals surface area (Å²) in [6.45, 7) is 4.56. The number of ether oxygens (including phenoxy) is 3. The molecule has 2 aromatic rings. The summed E-state index contributed by atoms with van der Waals surface area (Å²) in [6.07, 6.45) is -0.428. The van der Waals surface area contributed by atoms with Crippen molar-refractivity contribution < 1.29 is 23.8 Å². The van der Waals surface area contributed by atoms with Gasteiger partial charge in [-0.15, -0.1) is 0 Å². The molecule has 0 N–H and O–H groups in total. The summed E-state index contributed by atoms with van der Waals surface area (Å²) >= 11 is 0.